The Hall–Kier alpha value is -1.89. The molecule has 0 spiro atoms. The molecule has 0 aromatic heterocycles. The Morgan fingerprint density at radius 2 is 1.88 bits per heavy atom. The van der Waals surface area contributed by atoms with Crippen LogP contribution in [0.2, 0.25) is 0 Å². The first-order valence-electron chi connectivity index (χ1n) is 5.35. The molecule has 1 heteroatoms. The van der Waals surface area contributed by atoms with Crippen molar-refractivity contribution < 1.29 is 4.79 Å². The van der Waals surface area contributed by atoms with Gasteiger partial charge in [-0.3, -0.25) is 4.79 Å². The minimum absolute atomic E-state index is 0.0798. The molecule has 1 aliphatic carbocycles. The molecular weight excluding hydrogens is 196 g/mol. The summed E-state index contributed by atoms with van der Waals surface area (Å²) in [6.45, 7) is 4.04. The number of allylic oxidation sites excluding steroid dienone is 5. The van der Waals surface area contributed by atoms with Crippen molar-refractivity contribution in [1.29, 1.82) is 0 Å². The van der Waals surface area contributed by atoms with Crippen molar-refractivity contribution in [3.8, 4) is 0 Å². The Morgan fingerprint density at radius 1 is 1.12 bits per heavy atom. The first-order chi connectivity index (χ1) is 7.68. The third-order valence-electron chi connectivity index (χ3n) is 2.51. The second kappa shape index (κ2) is 4.31. The van der Waals surface area contributed by atoms with Gasteiger partial charge in [-0.2, -0.15) is 0 Å². The second-order valence-electron chi connectivity index (χ2n) is 4.11. The van der Waals surface area contributed by atoms with Gasteiger partial charge in [0, 0.05) is 5.57 Å². The second-order valence-corrected chi connectivity index (χ2v) is 4.11. The van der Waals surface area contributed by atoms with E-state index in [2.05, 4.69) is 0 Å². The van der Waals surface area contributed by atoms with E-state index in [0.29, 0.717) is 0 Å². The number of hydrogen-bond donors (Lipinski definition) is 0. The maximum absolute atomic E-state index is 11.8. The van der Waals surface area contributed by atoms with Crippen molar-refractivity contribution in [1.82, 2.24) is 0 Å². The zero-order valence-corrected chi connectivity index (χ0v) is 9.53. The smallest absolute Gasteiger partial charge is 0.186 e. The Balaban J connectivity index is 2.54. The predicted octanol–water partition coefficient (Wildman–Crippen LogP) is 3.63. The lowest BCUT2D eigenvalue weighted by Gasteiger charge is -2.12. The Bertz CT molecular complexity index is 512. The molecule has 0 unspecified atom stereocenters. The molecule has 0 saturated heterocycles. The van der Waals surface area contributed by atoms with Gasteiger partial charge in [0.2, 0.25) is 0 Å². The first-order valence-corrected chi connectivity index (χ1v) is 5.35. The monoisotopic (exact) mass is 210 g/mol. The molecule has 0 fully saturated rings. The Kier molecular flexibility index (Phi) is 2.86. The van der Waals surface area contributed by atoms with Crippen LogP contribution in [0.4, 0.5) is 0 Å². The van der Waals surface area contributed by atoms with Crippen LogP contribution in [0.15, 0.2) is 48.1 Å². The summed E-state index contributed by atoms with van der Waals surface area (Å²) in [5.41, 5.74) is 4.09. The summed E-state index contributed by atoms with van der Waals surface area (Å²) < 4.78 is 0. The average Bonchev–Trinajstić information content (AvgIpc) is 2.27. The highest BCUT2D eigenvalue weighted by Crippen LogP contribution is 2.26. The van der Waals surface area contributed by atoms with Crippen LogP contribution in [-0.2, 0) is 4.79 Å². The van der Waals surface area contributed by atoms with E-state index < -0.39 is 0 Å². The SMILES string of the molecule is CC(C)=C/C=C1/C(=O)C=Cc2ccccc21. The molecule has 16 heavy (non-hydrogen) atoms. The molecule has 1 aliphatic rings. The zero-order chi connectivity index (χ0) is 11.5. The Morgan fingerprint density at radius 3 is 2.62 bits per heavy atom. The van der Waals surface area contributed by atoms with Crippen LogP contribution in [0.5, 0.6) is 0 Å². The molecule has 0 heterocycles. The van der Waals surface area contributed by atoms with Gasteiger partial charge in [0.25, 0.3) is 0 Å². The number of benzene rings is 1. The molecule has 0 radical (unpaired) electrons. The fourth-order valence-corrected chi connectivity index (χ4v) is 1.70. The van der Waals surface area contributed by atoms with Crippen molar-refractivity contribution >= 4 is 17.4 Å². The summed E-state index contributed by atoms with van der Waals surface area (Å²) in [7, 11) is 0. The zero-order valence-electron chi connectivity index (χ0n) is 9.53. The van der Waals surface area contributed by atoms with Crippen LogP contribution in [0.1, 0.15) is 25.0 Å². The third kappa shape index (κ3) is 2.03. The predicted molar refractivity (Wildman–Crippen MR) is 67.9 cm³/mol. The maximum Gasteiger partial charge on any atom is 0.186 e. The largest absolute Gasteiger partial charge is 0.289 e. The van der Waals surface area contributed by atoms with Gasteiger partial charge in [0.15, 0.2) is 5.78 Å². The molecule has 0 N–H and O–H groups in total. The molecule has 1 nitrogen and oxygen atoms in total. The van der Waals surface area contributed by atoms with E-state index in [1.165, 1.54) is 5.57 Å². The van der Waals surface area contributed by atoms with E-state index in [0.717, 1.165) is 16.7 Å². The van der Waals surface area contributed by atoms with Gasteiger partial charge in [-0.05, 0) is 31.1 Å². The van der Waals surface area contributed by atoms with Crippen molar-refractivity contribution in [2.24, 2.45) is 0 Å². The molecule has 2 rings (SSSR count). The first kappa shape index (κ1) is 10.6. The molecule has 0 saturated carbocycles. The van der Waals surface area contributed by atoms with Gasteiger partial charge < -0.3 is 0 Å². The van der Waals surface area contributed by atoms with Crippen LogP contribution >= 0.6 is 0 Å². The normalized spacial score (nSPS) is 16.1. The fraction of sp³-hybridized carbons (Fsp3) is 0.133. The van der Waals surface area contributed by atoms with Gasteiger partial charge in [0.1, 0.15) is 0 Å². The van der Waals surface area contributed by atoms with Gasteiger partial charge >= 0.3 is 0 Å². The van der Waals surface area contributed by atoms with E-state index in [1.807, 2.05) is 56.3 Å². The summed E-state index contributed by atoms with van der Waals surface area (Å²) in [4.78, 5) is 11.8. The lowest BCUT2D eigenvalue weighted by molar-refractivity contribution is -0.109. The average molecular weight is 210 g/mol. The summed E-state index contributed by atoms with van der Waals surface area (Å²) in [6.07, 6.45) is 7.38. The third-order valence-corrected chi connectivity index (χ3v) is 2.51. The topological polar surface area (TPSA) is 17.1 Å². The number of carbonyl (C=O) groups excluding carboxylic acids is 1. The molecular formula is C15H14O. The lowest BCUT2D eigenvalue weighted by Crippen LogP contribution is -2.04. The molecule has 1 aromatic carbocycles. The van der Waals surface area contributed by atoms with Gasteiger partial charge in [-0.15, -0.1) is 0 Å². The maximum atomic E-state index is 11.8. The fourth-order valence-electron chi connectivity index (χ4n) is 1.70. The van der Waals surface area contributed by atoms with Crippen LogP contribution in [0, 0.1) is 0 Å². The number of hydrogen-bond acceptors (Lipinski definition) is 1. The highest BCUT2D eigenvalue weighted by Gasteiger charge is 2.15. The van der Waals surface area contributed by atoms with Crippen LogP contribution < -0.4 is 0 Å². The molecule has 0 bridgehead atoms. The summed E-state index contributed by atoms with van der Waals surface area (Å²) in [5, 5.41) is 0. The van der Waals surface area contributed by atoms with E-state index in [-0.39, 0.29) is 5.78 Å². The van der Waals surface area contributed by atoms with E-state index in [4.69, 9.17) is 0 Å². The highest BCUT2D eigenvalue weighted by atomic mass is 16.1. The minimum Gasteiger partial charge on any atom is -0.289 e. The number of rotatable bonds is 1. The van der Waals surface area contributed by atoms with E-state index >= 15 is 0 Å². The number of ketones is 1. The van der Waals surface area contributed by atoms with Crippen LogP contribution in [-0.4, -0.2) is 5.78 Å². The van der Waals surface area contributed by atoms with E-state index in [1.54, 1.807) is 6.08 Å². The number of fused-ring (bicyclic) bond motifs is 1. The van der Waals surface area contributed by atoms with Gasteiger partial charge in [-0.25, -0.2) is 0 Å². The van der Waals surface area contributed by atoms with Crippen LogP contribution in [0.25, 0.3) is 11.6 Å². The highest BCUT2D eigenvalue weighted by molar-refractivity contribution is 6.30. The van der Waals surface area contributed by atoms with Crippen molar-refractivity contribution in [2.45, 2.75) is 13.8 Å². The van der Waals surface area contributed by atoms with Gasteiger partial charge in [0.05, 0.1) is 0 Å². The summed E-state index contributed by atoms with van der Waals surface area (Å²) >= 11 is 0. The molecule has 0 atom stereocenters. The number of carbonyl (C=O) groups is 1. The molecule has 0 amide bonds. The van der Waals surface area contributed by atoms with E-state index in [9.17, 15) is 4.79 Å². The minimum atomic E-state index is 0.0798. The standard InChI is InChI=1S/C15H14O/c1-11(2)7-9-14-13-6-4-3-5-12(13)8-10-15(14)16/h3-10H,1-2H3/b14-9+. The molecule has 80 valence electrons. The van der Waals surface area contributed by atoms with Crippen molar-refractivity contribution in [2.75, 3.05) is 0 Å². The van der Waals surface area contributed by atoms with Crippen molar-refractivity contribution in [3.63, 3.8) is 0 Å². The molecule has 1 aromatic rings. The lowest BCUT2D eigenvalue weighted by atomic mass is 9.91. The summed E-state index contributed by atoms with van der Waals surface area (Å²) in [6, 6.07) is 7.95. The Labute approximate surface area is 95.8 Å². The quantitative estimate of drug-likeness (QED) is 0.647. The molecule has 0 aliphatic heterocycles. The van der Waals surface area contributed by atoms with Crippen molar-refractivity contribution in [3.05, 3.63) is 59.2 Å². The van der Waals surface area contributed by atoms with Gasteiger partial charge in [-0.1, -0.05) is 48.1 Å². The summed E-state index contributed by atoms with van der Waals surface area (Å²) in [5.74, 6) is 0.0798. The van der Waals surface area contributed by atoms with Crippen LogP contribution in [0.3, 0.4) is 0 Å².